The fourth-order valence-corrected chi connectivity index (χ4v) is 1.19. The van der Waals surface area contributed by atoms with Gasteiger partial charge in [0.15, 0.2) is 0 Å². The first-order valence-electron chi connectivity index (χ1n) is 4.21. The number of halogens is 2. The molecule has 2 unspecified atom stereocenters. The van der Waals surface area contributed by atoms with Crippen LogP contribution in [-0.4, -0.2) is 42.3 Å². The molecule has 82 valence electrons. The van der Waals surface area contributed by atoms with Crippen LogP contribution in [-0.2, 0) is 9.53 Å². The second kappa shape index (κ2) is 3.43. The van der Waals surface area contributed by atoms with Gasteiger partial charge in [-0.2, -0.15) is 8.78 Å². The van der Waals surface area contributed by atoms with E-state index in [0.717, 1.165) is 0 Å². The summed E-state index contributed by atoms with van der Waals surface area (Å²) in [6.07, 6.45) is 0.624. The molecule has 0 aromatic rings. The summed E-state index contributed by atoms with van der Waals surface area (Å²) in [4.78, 5) is 10.1. The molecule has 0 aromatic carbocycles. The van der Waals surface area contributed by atoms with Crippen LogP contribution in [0.2, 0.25) is 0 Å². The molecule has 0 aliphatic heterocycles. The van der Waals surface area contributed by atoms with Gasteiger partial charge in [0, 0.05) is 13.2 Å². The molecular weight excluding hydrogens is 196 g/mol. The van der Waals surface area contributed by atoms with Crippen molar-refractivity contribution in [1.29, 1.82) is 0 Å². The first-order valence-corrected chi connectivity index (χ1v) is 4.21. The molecule has 0 saturated heterocycles. The van der Waals surface area contributed by atoms with Gasteiger partial charge in [0.05, 0.1) is 12.1 Å². The number of rotatable bonds is 5. The number of ether oxygens (including phenoxy) is 1. The molecule has 2 atom stereocenters. The summed E-state index contributed by atoms with van der Waals surface area (Å²) in [6, 6.07) is -0.183. The number of hydrogen-bond donors (Lipinski definition) is 2. The molecule has 0 spiro atoms. The van der Waals surface area contributed by atoms with Crippen LogP contribution in [0, 0.1) is 0 Å². The van der Waals surface area contributed by atoms with Gasteiger partial charge in [-0.05, 0) is 13.3 Å². The van der Waals surface area contributed by atoms with Gasteiger partial charge in [-0.1, -0.05) is 0 Å². The number of carboxylic acid groups (broad SMARTS) is 1. The Morgan fingerprint density at radius 1 is 1.79 bits per heavy atom. The highest BCUT2D eigenvalue weighted by atomic mass is 19.3. The van der Waals surface area contributed by atoms with E-state index in [-0.39, 0.29) is 6.04 Å². The third-order valence-corrected chi connectivity index (χ3v) is 2.54. The van der Waals surface area contributed by atoms with Crippen molar-refractivity contribution in [2.75, 3.05) is 13.7 Å². The molecular formula is C8H13F2NO3. The van der Waals surface area contributed by atoms with Crippen LogP contribution in [0.5, 0.6) is 0 Å². The standard InChI is InChI=1S/C8H13F2NO3/c1-7(14-2)3-5(7)11-4-8(9,10)6(12)13/h5,11H,3-4H2,1-2H3,(H,12,13). The third kappa shape index (κ3) is 2.19. The summed E-state index contributed by atoms with van der Waals surface area (Å²) < 4.78 is 30.2. The van der Waals surface area contributed by atoms with E-state index in [4.69, 9.17) is 9.84 Å². The summed E-state index contributed by atoms with van der Waals surface area (Å²) in [6.45, 7) is 0.926. The minimum absolute atomic E-state index is 0.183. The Bertz CT molecular complexity index is 247. The maximum atomic E-state index is 12.6. The summed E-state index contributed by atoms with van der Waals surface area (Å²) in [5, 5.41) is 10.6. The second-order valence-electron chi connectivity index (χ2n) is 3.66. The lowest BCUT2D eigenvalue weighted by atomic mass is 10.3. The average Bonchev–Trinajstić information content (AvgIpc) is 2.75. The molecule has 2 N–H and O–H groups in total. The molecule has 0 aromatic heterocycles. The maximum absolute atomic E-state index is 12.6. The summed E-state index contributed by atoms with van der Waals surface area (Å²) in [5.74, 6) is -5.82. The van der Waals surface area contributed by atoms with Crippen LogP contribution in [0.25, 0.3) is 0 Å². The lowest BCUT2D eigenvalue weighted by Crippen LogP contribution is -2.42. The van der Waals surface area contributed by atoms with Gasteiger partial charge < -0.3 is 15.2 Å². The zero-order valence-electron chi connectivity index (χ0n) is 8.01. The number of aliphatic carboxylic acids is 1. The Morgan fingerprint density at radius 3 is 2.71 bits per heavy atom. The van der Waals surface area contributed by atoms with Gasteiger partial charge in [0.2, 0.25) is 0 Å². The molecule has 0 amide bonds. The number of carbonyl (C=O) groups is 1. The molecule has 6 heteroatoms. The predicted molar refractivity (Wildman–Crippen MR) is 44.4 cm³/mol. The zero-order chi connectivity index (χ0) is 11.0. The van der Waals surface area contributed by atoms with Crippen molar-refractivity contribution in [3.63, 3.8) is 0 Å². The van der Waals surface area contributed by atoms with Gasteiger partial charge in [0.1, 0.15) is 0 Å². The van der Waals surface area contributed by atoms with Crippen molar-refractivity contribution in [1.82, 2.24) is 5.32 Å². The number of methoxy groups -OCH3 is 1. The van der Waals surface area contributed by atoms with E-state index in [2.05, 4.69) is 5.32 Å². The number of alkyl halides is 2. The normalized spacial score (nSPS) is 31.6. The van der Waals surface area contributed by atoms with Crippen molar-refractivity contribution < 1.29 is 23.4 Å². The Labute approximate surface area is 80.2 Å². The van der Waals surface area contributed by atoms with Crippen molar-refractivity contribution in [3.05, 3.63) is 0 Å². The lowest BCUT2D eigenvalue weighted by molar-refractivity contribution is -0.164. The minimum Gasteiger partial charge on any atom is -0.477 e. The van der Waals surface area contributed by atoms with E-state index < -0.39 is 24.0 Å². The molecule has 0 radical (unpaired) electrons. The van der Waals surface area contributed by atoms with Crippen LogP contribution in [0.3, 0.4) is 0 Å². The molecule has 1 aliphatic carbocycles. The Kier molecular flexibility index (Phi) is 2.78. The molecule has 0 bridgehead atoms. The lowest BCUT2D eigenvalue weighted by Gasteiger charge is -2.14. The van der Waals surface area contributed by atoms with E-state index in [1.807, 2.05) is 0 Å². The van der Waals surface area contributed by atoms with Crippen molar-refractivity contribution in [3.8, 4) is 0 Å². The highest BCUT2D eigenvalue weighted by Gasteiger charge is 2.52. The Morgan fingerprint density at radius 2 is 2.36 bits per heavy atom. The van der Waals surface area contributed by atoms with E-state index in [0.29, 0.717) is 6.42 Å². The predicted octanol–water partition coefficient (Wildman–Crippen LogP) is 0.473. The summed E-state index contributed by atoms with van der Waals surface area (Å²) >= 11 is 0. The summed E-state index contributed by atoms with van der Waals surface area (Å²) in [5.41, 5.74) is -0.422. The topological polar surface area (TPSA) is 58.6 Å². The first kappa shape index (κ1) is 11.3. The van der Waals surface area contributed by atoms with Crippen LogP contribution < -0.4 is 5.32 Å². The number of carboxylic acids is 1. The van der Waals surface area contributed by atoms with E-state index >= 15 is 0 Å². The SMILES string of the molecule is COC1(C)CC1NCC(F)(F)C(=O)O. The van der Waals surface area contributed by atoms with E-state index in [1.54, 1.807) is 6.92 Å². The second-order valence-corrected chi connectivity index (χ2v) is 3.66. The fraction of sp³-hybridized carbons (Fsp3) is 0.875. The van der Waals surface area contributed by atoms with Crippen LogP contribution >= 0.6 is 0 Å². The van der Waals surface area contributed by atoms with Crippen molar-refractivity contribution >= 4 is 5.97 Å². The zero-order valence-corrected chi connectivity index (χ0v) is 8.01. The largest absolute Gasteiger partial charge is 0.477 e. The van der Waals surface area contributed by atoms with Gasteiger partial charge >= 0.3 is 11.9 Å². The molecule has 1 saturated carbocycles. The van der Waals surface area contributed by atoms with Crippen molar-refractivity contribution in [2.24, 2.45) is 0 Å². The minimum atomic E-state index is -3.71. The Balaban J connectivity index is 2.33. The monoisotopic (exact) mass is 209 g/mol. The molecule has 1 rings (SSSR count). The molecule has 14 heavy (non-hydrogen) atoms. The molecule has 0 heterocycles. The molecule has 4 nitrogen and oxygen atoms in total. The van der Waals surface area contributed by atoms with Gasteiger partial charge in [-0.3, -0.25) is 0 Å². The highest BCUT2D eigenvalue weighted by molar-refractivity contribution is 5.75. The number of hydrogen-bond acceptors (Lipinski definition) is 3. The van der Waals surface area contributed by atoms with E-state index in [9.17, 15) is 13.6 Å². The maximum Gasteiger partial charge on any atom is 0.375 e. The molecule has 1 fully saturated rings. The van der Waals surface area contributed by atoms with Gasteiger partial charge in [0.25, 0.3) is 0 Å². The van der Waals surface area contributed by atoms with Crippen LogP contribution in [0.1, 0.15) is 13.3 Å². The van der Waals surface area contributed by atoms with Gasteiger partial charge in [-0.25, -0.2) is 4.79 Å². The highest BCUT2D eigenvalue weighted by Crippen LogP contribution is 2.38. The number of nitrogens with one attached hydrogen (secondary N) is 1. The van der Waals surface area contributed by atoms with Crippen LogP contribution in [0.15, 0.2) is 0 Å². The van der Waals surface area contributed by atoms with Crippen molar-refractivity contribution in [2.45, 2.75) is 30.9 Å². The average molecular weight is 209 g/mol. The third-order valence-electron chi connectivity index (χ3n) is 2.54. The van der Waals surface area contributed by atoms with Gasteiger partial charge in [-0.15, -0.1) is 0 Å². The first-order chi connectivity index (χ1) is 6.32. The smallest absolute Gasteiger partial charge is 0.375 e. The summed E-state index contributed by atoms with van der Waals surface area (Å²) in [7, 11) is 1.50. The fourth-order valence-electron chi connectivity index (χ4n) is 1.19. The molecule has 1 aliphatic rings. The quantitative estimate of drug-likeness (QED) is 0.691. The Hall–Kier alpha value is -0.750. The van der Waals surface area contributed by atoms with E-state index in [1.165, 1.54) is 7.11 Å². The van der Waals surface area contributed by atoms with Crippen LogP contribution in [0.4, 0.5) is 8.78 Å².